The minimum Gasteiger partial charge on any atom is -0.488 e. The van der Waals surface area contributed by atoms with Gasteiger partial charge < -0.3 is 28.4 Å². The Kier molecular flexibility index (Phi) is 14.4. The van der Waals surface area contributed by atoms with Gasteiger partial charge in [-0.3, -0.25) is 9.59 Å². The Labute approximate surface area is 353 Å². The predicted octanol–water partition coefficient (Wildman–Crippen LogP) is 8.90. The smallest absolute Gasteiger partial charge is 0.337 e. The van der Waals surface area contributed by atoms with Crippen LogP contribution in [0.3, 0.4) is 0 Å². The van der Waals surface area contributed by atoms with Gasteiger partial charge in [-0.15, -0.1) is 0 Å². The zero-order valence-electron chi connectivity index (χ0n) is 34.2. The van der Waals surface area contributed by atoms with Gasteiger partial charge in [-0.25, -0.2) is 14.4 Å². The van der Waals surface area contributed by atoms with Crippen molar-refractivity contribution >= 4 is 30.5 Å². The van der Waals surface area contributed by atoms with Gasteiger partial charge in [0.05, 0.1) is 49.1 Å². The van der Waals surface area contributed by atoms with E-state index in [0.29, 0.717) is 57.9 Å². The molecule has 0 fully saturated rings. The number of hydrogen-bond acceptors (Lipinski definition) is 11. The molecule has 61 heavy (non-hydrogen) atoms. The van der Waals surface area contributed by atoms with Gasteiger partial charge in [0.2, 0.25) is 0 Å². The molecule has 0 unspecified atom stereocenters. The van der Waals surface area contributed by atoms with Crippen LogP contribution in [-0.4, -0.2) is 51.8 Å². The summed E-state index contributed by atoms with van der Waals surface area (Å²) in [7, 11) is 3.99. The van der Waals surface area contributed by atoms with E-state index in [2.05, 4.69) is 0 Å². The number of methoxy groups -OCH3 is 3. The molecule has 6 aromatic rings. The van der Waals surface area contributed by atoms with Crippen molar-refractivity contribution in [3.63, 3.8) is 0 Å². The van der Waals surface area contributed by atoms with Crippen molar-refractivity contribution in [3.05, 3.63) is 194 Å². The number of rotatable bonds is 18. The second-order valence-electron chi connectivity index (χ2n) is 14.2. The standard InChI is InChI=1S/C50H44O11/c1-32-21-41(23-36-11-19-45(43(25-36)27-51)59-29-33-5-13-38(14-6-33)48(53)56-2)47(61-31-35-9-17-40(18-10-35)50(55)58-4)42(22-32)24-37-12-20-46(44(26-37)28-52)60-30-34-7-15-39(16-8-34)49(54)57-3/h5-22,25-28H,23-24,29-31H2,1-4H3. The van der Waals surface area contributed by atoms with Gasteiger partial charge in [-0.2, -0.15) is 0 Å². The number of benzene rings is 6. The maximum absolute atomic E-state index is 12.3. The highest BCUT2D eigenvalue weighted by Crippen LogP contribution is 2.33. The average Bonchev–Trinajstić information content (AvgIpc) is 3.29. The SMILES string of the molecule is COC(=O)c1ccc(COc2ccc(Cc3cc(C)cc(Cc4ccc(OCc5ccc(C(=O)OC)cc5)c(C=O)c4)c3OCc3ccc(C(=O)OC)cc3)cc2C=O)cc1. The van der Waals surface area contributed by atoms with Crippen molar-refractivity contribution in [3.8, 4) is 17.2 Å². The van der Waals surface area contributed by atoms with Crippen molar-refractivity contribution in [2.45, 2.75) is 39.6 Å². The summed E-state index contributed by atoms with van der Waals surface area (Å²) in [5, 5.41) is 0. The lowest BCUT2D eigenvalue weighted by atomic mass is 9.94. The molecule has 6 aromatic carbocycles. The fourth-order valence-corrected chi connectivity index (χ4v) is 6.72. The highest BCUT2D eigenvalue weighted by Gasteiger charge is 2.17. The predicted molar refractivity (Wildman–Crippen MR) is 227 cm³/mol. The van der Waals surface area contributed by atoms with Crippen LogP contribution in [0.25, 0.3) is 0 Å². The first-order valence-corrected chi connectivity index (χ1v) is 19.3. The number of aryl methyl sites for hydroxylation is 1. The Hall–Kier alpha value is -7.53. The second kappa shape index (κ2) is 20.4. The fraction of sp³-hybridized carbons (Fsp3) is 0.180. The molecule has 0 N–H and O–H groups in total. The summed E-state index contributed by atoms with van der Waals surface area (Å²) in [6.07, 6.45) is 2.37. The highest BCUT2D eigenvalue weighted by molar-refractivity contribution is 5.90. The third-order valence-electron chi connectivity index (χ3n) is 9.88. The third-order valence-corrected chi connectivity index (χ3v) is 9.88. The molecule has 0 saturated carbocycles. The molecular formula is C50H44O11. The number of carbonyl (C=O) groups excluding carboxylic acids is 5. The summed E-state index contributed by atoms with van der Waals surface area (Å²) in [5.41, 5.74) is 8.95. The maximum atomic E-state index is 12.3. The van der Waals surface area contributed by atoms with Crippen LogP contribution in [0.5, 0.6) is 17.2 Å². The Morgan fingerprint density at radius 1 is 0.443 bits per heavy atom. The number of esters is 3. The largest absolute Gasteiger partial charge is 0.488 e. The Bertz CT molecular complexity index is 2380. The van der Waals surface area contributed by atoms with E-state index in [9.17, 15) is 24.0 Å². The van der Waals surface area contributed by atoms with E-state index in [4.69, 9.17) is 28.4 Å². The normalized spacial score (nSPS) is 10.6. The highest BCUT2D eigenvalue weighted by atomic mass is 16.5. The van der Waals surface area contributed by atoms with Crippen molar-refractivity contribution in [1.29, 1.82) is 0 Å². The number of hydrogen-bond donors (Lipinski definition) is 0. The molecule has 0 aliphatic carbocycles. The second-order valence-corrected chi connectivity index (χ2v) is 14.2. The number of aldehydes is 2. The molecular weight excluding hydrogens is 777 g/mol. The maximum Gasteiger partial charge on any atom is 0.337 e. The van der Waals surface area contributed by atoms with Crippen molar-refractivity contribution in [2.75, 3.05) is 21.3 Å². The Morgan fingerprint density at radius 2 is 0.770 bits per heavy atom. The molecule has 310 valence electrons. The van der Waals surface area contributed by atoms with Crippen LogP contribution in [-0.2, 0) is 46.9 Å². The van der Waals surface area contributed by atoms with E-state index >= 15 is 0 Å². The minimum atomic E-state index is -0.434. The van der Waals surface area contributed by atoms with E-state index in [1.807, 2.05) is 43.3 Å². The van der Waals surface area contributed by atoms with E-state index in [1.165, 1.54) is 21.3 Å². The number of ether oxygens (including phenoxy) is 6. The molecule has 0 saturated heterocycles. The summed E-state index contributed by atoms with van der Waals surface area (Å²) in [4.78, 5) is 60.3. The molecule has 0 aliphatic heterocycles. The molecule has 11 nitrogen and oxygen atoms in total. The third kappa shape index (κ3) is 11.2. The van der Waals surface area contributed by atoms with Gasteiger partial charge in [0.15, 0.2) is 12.6 Å². The van der Waals surface area contributed by atoms with E-state index < -0.39 is 17.9 Å². The molecule has 0 amide bonds. The van der Waals surface area contributed by atoms with Gasteiger partial charge in [-0.05, 0) is 107 Å². The first-order chi connectivity index (χ1) is 29.6. The summed E-state index contributed by atoms with van der Waals surface area (Å²) in [6, 6.07) is 35.7. The molecule has 0 aliphatic rings. The minimum absolute atomic E-state index is 0.187. The molecule has 11 heteroatoms. The monoisotopic (exact) mass is 820 g/mol. The van der Waals surface area contributed by atoms with Gasteiger partial charge >= 0.3 is 17.9 Å². The van der Waals surface area contributed by atoms with Crippen molar-refractivity contribution < 1.29 is 52.4 Å². The Balaban J connectivity index is 1.25. The topological polar surface area (TPSA) is 141 Å². The fourth-order valence-electron chi connectivity index (χ4n) is 6.72. The lowest BCUT2D eigenvalue weighted by Gasteiger charge is -2.19. The van der Waals surface area contributed by atoms with E-state index in [1.54, 1.807) is 84.9 Å². The van der Waals surface area contributed by atoms with Gasteiger partial charge in [0, 0.05) is 12.8 Å². The molecule has 0 atom stereocenters. The van der Waals surface area contributed by atoms with Crippen LogP contribution >= 0.6 is 0 Å². The van der Waals surface area contributed by atoms with Crippen LogP contribution in [0.2, 0.25) is 0 Å². The van der Waals surface area contributed by atoms with Crippen LogP contribution in [0, 0.1) is 6.92 Å². The van der Waals surface area contributed by atoms with Crippen LogP contribution in [0.4, 0.5) is 0 Å². The van der Waals surface area contributed by atoms with Gasteiger partial charge in [-0.1, -0.05) is 66.2 Å². The first kappa shape index (κ1) is 43.1. The van der Waals surface area contributed by atoms with Crippen molar-refractivity contribution in [1.82, 2.24) is 0 Å². The zero-order valence-corrected chi connectivity index (χ0v) is 34.2. The molecule has 0 bridgehead atoms. The summed E-state index contributed by atoms with van der Waals surface area (Å²) >= 11 is 0. The van der Waals surface area contributed by atoms with Crippen molar-refractivity contribution in [2.24, 2.45) is 0 Å². The lowest BCUT2D eigenvalue weighted by molar-refractivity contribution is 0.0592. The summed E-state index contributed by atoms with van der Waals surface area (Å²) < 4.78 is 33.0. The van der Waals surface area contributed by atoms with E-state index in [0.717, 1.165) is 57.1 Å². The molecule has 0 radical (unpaired) electrons. The molecule has 0 spiro atoms. The van der Waals surface area contributed by atoms with E-state index in [-0.39, 0.29) is 19.8 Å². The summed E-state index contributed by atoms with van der Waals surface area (Å²) in [6.45, 7) is 2.57. The van der Waals surface area contributed by atoms with Gasteiger partial charge in [0.25, 0.3) is 0 Å². The molecule has 0 aromatic heterocycles. The van der Waals surface area contributed by atoms with Crippen LogP contribution in [0.1, 0.15) is 96.3 Å². The quantitative estimate of drug-likeness (QED) is 0.0466. The lowest BCUT2D eigenvalue weighted by Crippen LogP contribution is -2.06. The Morgan fingerprint density at radius 3 is 1.10 bits per heavy atom. The van der Waals surface area contributed by atoms with Gasteiger partial charge in [0.1, 0.15) is 37.1 Å². The van der Waals surface area contributed by atoms with Crippen LogP contribution in [0.15, 0.2) is 121 Å². The first-order valence-electron chi connectivity index (χ1n) is 19.3. The number of carbonyl (C=O) groups is 5. The molecule has 0 heterocycles. The van der Waals surface area contributed by atoms with Crippen LogP contribution < -0.4 is 14.2 Å². The molecule has 6 rings (SSSR count). The average molecular weight is 821 g/mol. The zero-order chi connectivity index (χ0) is 43.3. The summed E-state index contributed by atoms with van der Waals surface area (Å²) in [5.74, 6) is 0.192.